The number of anilines is 1. The Morgan fingerprint density at radius 3 is 2.47 bits per heavy atom. The summed E-state index contributed by atoms with van der Waals surface area (Å²) in [7, 11) is 0. The number of piperazine rings is 1. The summed E-state index contributed by atoms with van der Waals surface area (Å²) in [6.07, 6.45) is 2.27. The molecule has 0 bridgehead atoms. The molecule has 1 fully saturated rings. The maximum absolute atomic E-state index is 5.93. The molecule has 0 radical (unpaired) electrons. The molecule has 4 heteroatoms. The monoisotopic (exact) mass is 281 g/mol. The molecule has 1 saturated heterocycles. The van der Waals surface area contributed by atoms with Crippen molar-refractivity contribution in [1.82, 2.24) is 9.80 Å². The van der Waals surface area contributed by atoms with Crippen molar-refractivity contribution in [2.24, 2.45) is 0 Å². The number of nitrogens with two attached hydrogens (primary N) is 1. The van der Waals surface area contributed by atoms with Crippen LogP contribution in [0.15, 0.2) is 18.2 Å². The van der Waals surface area contributed by atoms with E-state index in [1.807, 2.05) is 12.1 Å². The van der Waals surface area contributed by atoms with E-state index in [1.54, 1.807) is 0 Å². The van der Waals surface area contributed by atoms with Gasteiger partial charge >= 0.3 is 0 Å². The van der Waals surface area contributed by atoms with Gasteiger partial charge in [0.1, 0.15) is 0 Å². The van der Waals surface area contributed by atoms with Crippen LogP contribution in [0.4, 0.5) is 5.69 Å². The Balaban J connectivity index is 1.70. The Labute approximate surface area is 121 Å². The maximum atomic E-state index is 5.93. The summed E-state index contributed by atoms with van der Waals surface area (Å²) in [6.45, 7) is 9.43. The van der Waals surface area contributed by atoms with Crippen molar-refractivity contribution in [3.8, 4) is 0 Å². The van der Waals surface area contributed by atoms with E-state index in [9.17, 15) is 0 Å². The van der Waals surface area contributed by atoms with Crippen LogP contribution in [-0.2, 0) is 6.42 Å². The minimum Gasteiger partial charge on any atom is -0.398 e. The minimum atomic E-state index is 0.652. The summed E-state index contributed by atoms with van der Waals surface area (Å²) in [4.78, 5) is 5.07. The first-order chi connectivity index (χ1) is 9.19. The molecular formula is C15H24ClN3. The minimum absolute atomic E-state index is 0.652. The molecule has 0 aliphatic carbocycles. The number of rotatable bonds is 5. The van der Waals surface area contributed by atoms with E-state index in [0.717, 1.165) is 6.42 Å². The number of benzene rings is 1. The number of halogens is 1. The van der Waals surface area contributed by atoms with Gasteiger partial charge in [0.2, 0.25) is 0 Å². The van der Waals surface area contributed by atoms with Crippen molar-refractivity contribution >= 4 is 17.3 Å². The third-order valence-electron chi connectivity index (χ3n) is 3.91. The molecule has 1 heterocycles. The van der Waals surface area contributed by atoms with E-state index in [2.05, 4.69) is 22.8 Å². The number of hydrogen-bond donors (Lipinski definition) is 1. The van der Waals surface area contributed by atoms with Crippen molar-refractivity contribution in [3.63, 3.8) is 0 Å². The Bertz CT molecular complexity index is 400. The summed E-state index contributed by atoms with van der Waals surface area (Å²) in [5.74, 6) is 0. The lowest BCUT2D eigenvalue weighted by Gasteiger charge is -2.34. The second-order valence-corrected chi connectivity index (χ2v) is 5.64. The van der Waals surface area contributed by atoms with Gasteiger partial charge in [-0.25, -0.2) is 0 Å². The molecule has 1 aromatic carbocycles. The number of hydrogen-bond acceptors (Lipinski definition) is 3. The molecule has 2 N–H and O–H groups in total. The fourth-order valence-corrected chi connectivity index (χ4v) is 2.70. The Kier molecular flexibility index (Phi) is 5.49. The van der Waals surface area contributed by atoms with Gasteiger partial charge in [0.05, 0.1) is 10.7 Å². The van der Waals surface area contributed by atoms with Crippen molar-refractivity contribution < 1.29 is 0 Å². The molecule has 1 aliphatic rings. The van der Waals surface area contributed by atoms with Crippen LogP contribution in [0.2, 0.25) is 5.02 Å². The molecule has 0 saturated carbocycles. The van der Waals surface area contributed by atoms with E-state index < -0.39 is 0 Å². The normalized spacial score (nSPS) is 17.8. The molecule has 1 aromatic rings. The summed E-state index contributed by atoms with van der Waals surface area (Å²) in [5, 5.41) is 0.652. The number of nitrogen functional groups attached to an aromatic ring is 1. The predicted octanol–water partition coefficient (Wildman–Crippen LogP) is 2.49. The highest BCUT2D eigenvalue weighted by atomic mass is 35.5. The summed E-state index contributed by atoms with van der Waals surface area (Å²) >= 11 is 5.93. The van der Waals surface area contributed by atoms with Gasteiger partial charge in [-0.2, -0.15) is 0 Å². The third kappa shape index (κ3) is 4.37. The van der Waals surface area contributed by atoms with Gasteiger partial charge in [-0.05, 0) is 43.6 Å². The van der Waals surface area contributed by atoms with Gasteiger partial charge in [-0.1, -0.05) is 24.6 Å². The van der Waals surface area contributed by atoms with Crippen molar-refractivity contribution in [1.29, 1.82) is 0 Å². The molecule has 1 aliphatic heterocycles. The zero-order chi connectivity index (χ0) is 13.7. The summed E-state index contributed by atoms with van der Waals surface area (Å²) in [5.41, 5.74) is 7.79. The predicted molar refractivity (Wildman–Crippen MR) is 82.7 cm³/mol. The molecule has 0 unspecified atom stereocenters. The fraction of sp³-hybridized carbons (Fsp3) is 0.600. The Hall–Kier alpha value is -0.770. The second kappa shape index (κ2) is 7.13. The highest BCUT2D eigenvalue weighted by Gasteiger charge is 2.14. The standard InChI is InChI=1S/C15H24ClN3/c1-2-18-8-10-19(11-9-18)7-3-4-13-5-6-14(16)15(17)12-13/h5-6,12H,2-4,7-11,17H2,1H3. The molecule has 0 aromatic heterocycles. The molecule has 0 amide bonds. The highest BCUT2D eigenvalue weighted by Crippen LogP contribution is 2.20. The molecule has 0 spiro atoms. The van der Waals surface area contributed by atoms with Crippen molar-refractivity contribution in [2.75, 3.05) is 45.0 Å². The second-order valence-electron chi connectivity index (χ2n) is 5.24. The van der Waals surface area contributed by atoms with Gasteiger partial charge in [-0.3, -0.25) is 0 Å². The molecule has 3 nitrogen and oxygen atoms in total. The van der Waals surface area contributed by atoms with Crippen LogP contribution >= 0.6 is 11.6 Å². The van der Waals surface area contributed by atoms with Crippen LogP contribution in [0.5, 0.6) is 0 Å². The van der Waals surface area contributed by atoms with Gasteiger partial charge in [-0.15, -0.1) is 0 Å². The highest BCUT2D eigenvalue weighted by molar-refractivity contribution is 6.33. The third-order valence-corrected chi connectivity index (χ3v) is 4.26. The van der Waals surface area contributed by atoms with Gasteiger partial charge < -0.3 is 15.5 Å². The van der Waals surface area contributed by atoms with E-state index in [-0.39, 0.29) is 0 Å². The van der Waals surface area contributed by atoms with Crippen LogP contribution < -0.4 is 5.73 Å². The van der Waals surface area contributed by atoms with Crippen LogP contribution in [0.25, 0.3) is 0 Å². The van der Waals surface area contributed by atoms with Crippen molar-refractivity contribution in [3.05, 3.63) is 28.8 Å². The maximum Gasteiger partial charge on any atom is 0.0635 e. The average Bonchev–Trinajstić information content (AvgIpc) is 2.43. The lowest BCUT2D eigenvalue weighted by molar-refractivity contribution is 0.136. The van der Waals surface area contributed by atoms with Crippen LogP contribution in [-0.4, -0.2) is 49.1 Å². The van der Waals surface area contributed by atoms with Gasteiger partial charge in [0.15, 0.2) is 0 Å². The summed E-state index contributed by atoms with van der Waals surface area (Å²) in [6, 6.07) is 5.97. The Morgan fingerprint density at radius 2 is 1.84 bits per heavy atom. The van der Waals surface area contributed by atoms with Crippen molar-refractivity contribution in [2.45, 2.75) is 19.8 Å². The number of nitrogens with zero attached hydrogens (tertiary/aromatic N) is 2. The first kappa shape index (κ1) is 14.6. The zero-order valence-electron chi connectivity index (χ0n) is 11.7. The van der Waals surface area contributed by atoms with Gasteiger partial charge in [0, 0.05) is 26.2 Å². The van der Waals surface area contributed by atoms with E-state index in [0.29, 0.717) is 10.7 Å². The molecule has 106 valence electrons. The first-order valence-electron chi connectivity index (χ1n) is 7.17. The first-order valence-corrected chi connectivity index (χ1v) is 7.55. The SMILES string of the molecule is CCN1CCN(CCCc2ccc(Cl)c(N)c2)CC1. The molecule has 0 atom stereocenters. The number of likely N-dealkylation sites (N-methyl/N-ethyl adjacent to an activating group) is 1. The van der Waals surface area contributed by atoms with E-state index in [4.69, 9.17) is 17.3 Å². The molecule has 19 heavy (non-hydrogen) atoms. The largest absolute Gasteiger partial charge is 0.398 e. The molecule has 2 rings (SSSR count). The lowest BCUT2D eigenvalue weighted by Crippen LogP contribution is -2.46. The average molecular weight is 282 g/mol. The zero-order valence-corrected chi connectivity index (χ0v) is 12.5. The van der Waals surface area contributed by atoms with E-state index in [1.165, 1.54) is 51.3 Å². The quantitative estimate of drug-likeness (QED) is 0.842. The van der Waals surface area contributed by atoms with Crippen LogP contribution in [0.1, 0.15) is 18.9 Å². The topological polar surface area (TPSA) is 32.5 Å². The Morgan fingerprint density at radius 1 is 1.16 bits per heavy atom. The van der Waals surface area contributed by atoms with Crippen LogP contribution in [0.3, 0.4) is 0 Å². The lowest BCUT2D eigenvalue weighted by atomic mass is 10.1. The van der Waals surface area contributed by atoms with Gasteiger partial charge in [0.25, 0.3) is 0 Å². The fourth-order valence-electron chi connectivity index (χ4n) is 2.58. The smallest absolute Gasteiger partial charge is 0.0635 e. The number of aryl methyl sites for hydroxylation is 1. The van der Waals surface area contributed by atoms with Crippen LogP contribution in [0, 0.1) is 0 Å². The van der Waals surface area contributed by atoms with E-state index >= 15 is 0 Å². The summed E-state index contributed by atoms with van der Waals surface area (Å²) < 4.78 is 0. The molecular weight excluding hydrogens is 258 g/mol.